The van der Waals surface area contributed by atoms with E-state index in [0.29, 0.717) is 32.1 Å². The van der Waals surface area contributed by atoms with Gasteiger partial charge in [0.15, 0.2) is 0 Å². The molecule has 0 spiro atoms. The first-order valence-corrected chi connectivity index (χ1v) is 32.1. The zero-order valence-electron chi connectivity index (χ0n) is 41.1. The summed E-state index contributed by atoms with van der Waals surface area (Å²) >= 11 is 17.2. The summed E-state index contributed by atoms with van der Waals surface area (Å²) in [5, 5.41) is 24.7. The Balaban J connectivity index is 2.26. The number of benzene rings is 3. The third kappa shape index (κ3) is 19.3. The summed E-state index contributed by atoms with van der Waals surface area (Å²) in [5.74, 6) is -6.34. The molecule has 9 N–H and O–H groups in total. The average Bonchev–Trinajstić information content (AvgIpc) is 3.40. The maximum atomic E-state index is 14.0. The lowest BCUT2D eigenvalue weighted by molar-refractivity contribution is -0.112. The standard InChI is InChI=1S/C52H46I9N9O9/c1-7-19-62-47(74)29-35(53)30(48(75)63-20-8-2)39(57)44(38(29)56)68-26(71)16-13-25(14-17-27(72)69-45-40(58)31(49(76)64-21-9-3)36(54)32(41(45)59)50(77)65-22-10-4)15-18-28(73)70-46-42(60)33(51(78)66-23-11-5)37(55)34(43(46)61)52(79)67-24-12-6/h7-18,25H,1-6,19-24H2,(H,62,74)(H,63,75)(H,64,76)(H,65,77)(H,66,78)(H,67,79)(H,68,71)(H,69,72)(H,70,73)/b16-13+,17-14+,18-15+. The Morgan fingerprint density at radius 3 is 0.620 bits per heavy atom. The van der Waals surface area contributed by atoms with Crippen LogP contribution in [0.4, 0.5) is 17.1 Å². The van der Waals surface area contributed by atoms with E-state index in [4.69, 9.17) is 0 Å². The second kappa shape index (κ2) is 35.3. The average molecular weight is 2080 g/mol. The SMILES string of the molecule is C=CCNC(=O)c1c(I)c(NC(=O)/C=C/C(/C=C/C(=O)Nc2c(I)c(C(=O)NCC=C)c(I)c(C(=O)NCC=C)c2I)/C=C/C(=O)Nc2c(I)c(C(=O)NCC=C)c(I)c(C(=O)NCC=C)c2I)c(I)c(C(=O)NCC=C)c1I. The largest absolute Gasteiger partial charge is 0.349 e. The van der Waals surface area contributed by atoms with Crippen molar-refractivity contribution in [2.24, 2.45) is 5.92 Å². The normalized spacial score (nSPS) is 10.9. The van der Waals surface area contributed by atoms with Crippen molar-refractivity contribution in [3.63, 3.8) is 0 Å². The number of rotatable bonds is 27. The Hall–Kier alpha value is -2.88. The Morgan fingerprint density at radius 1 is 0.304 bits per heavy atom. The minimum Gasteiger partial charge on any atom is -0.349 e. The first kappa shape index (κ1) is 70.4. The summed E-state index contributed by atoms with van der Waals surface area (Å²) in [4.78, 5) is 123. The van der Waals surface area contributed by atoms with E-state index in [-0.39, 0.29) is 89.7 Å². The third-order valence-electron chi connectivity index (χ3n) is 9.91. The van der Waals surface area contributed by atoms with Gasteiger partial charge in [-0.25, -0.2) is 0 Å². The molecule has 27 heteroatoms. The molecule has 0 aromatic heterocycles. The highest BCUT2D eigenvalue weighted by Crippen LogP contribution is 2.39. The van der Waals surface area contributed by atoms with E-state index in [1.54, 1.807) is 0 Å². The lowest BCUT2D eigenvalue weighted by atomic mass is 10.1. The molecule has 3 aromatic rings. The third-order valence-corrected chi connectivity index (χ3v) is 19.6. The molecular weight excluding hydrogens is 2040 g/mol. The van der Waals surface area contributed by atoms with Crippen molar-refractivity contribution in [1.29, 1.82) is 0 Å². The fourth-order valence-corrected chi connectivity index (χ4v) is 19.6. The molecule has 0 heterocycles. The highest BCUT2D eigenvalue weighted by Gasteiger charge is 2.31. The Labute approximate surface area is 579 Å². The van der Waals surface area contributed by atoms with Crippen molar-refractivity contribution in [2.75, 3.05) is 55.2 Å². The van der Waals surface area contributed by atoms with E-state index < -0.39 is 59.1 Å². The van der Waals surface area contributed by atoms with Gasteiger partial charge in [-0.3, -0.25) is 43.2 Å². The van der Waals surface area contributed by atoms with Crippen LogP contribution < -0.4 is 47.9 Å². The van der Waals surface area contributed by atoms with E-state index in [1.807, 2.05) is 203 Å². The number of allylic oxidation sites excluding steroid dienone is 3. The second-order valence-electron chi connectivity index (χ2n) is 15.3. The van der Waals surface area contributed by atoms with Crippen molar-refractivity contribution in [3.05, 3.63) is 178 Å². The number of anilines is 3. The molecule has 3 rings (SSSR count). The maximum Gasteiger partial charge on any atom is 0.253 e. The van der Waals surface area contributed by atoms with Crippen molar-refractivity contribution < 1.29 is 43.2 Å². The fraction of sp³-hybridized carbons (Fsp3) is 0.135. The van der Waals surface area contributed by atoms with Crippen LogP contribution in [0.5, 0.6) is 0 Å². The van der Waals surface area contributed by atoms with Crippen molar-refractivity contribution in [2.45, 2.75) is 0 Å². The number of carbonyl (C=O) groups excluding carboxylic acids is 9. The van der Waals surface area contributed by atoms with Crippen molar-refractivity contribution >= 4 is 274 Å². The van der Waals surface area contributed by atoms with Gasteiger partial charge in [-0.05, 0) is 203 Å². The van der Waals surface area contributed by atoms with Gasteiger partial charge >= 0.3 is 0 Å². The van der Waals surface area contributed by atoms with Gasteiger partial charge in [0, 0.05) is 74.1 Å². The molecule has 416 valence electrons. The quantitative estimate of drug-likeness (QED) is 0.0199. The van der Waals surface area contributed by atoms with E-state index in [1.165, 1.54) is 54.7 Å². The molecule has 0 bridgehead atoms. The molecule has 0 aliphatic carbocycles. The fourth-order valence-electron chi connectivity index (χ4n) is 6.32. The van der Waals surface area contributed by atoms with Crippen LogP contribution >= 0.6 is 203 Å². The summed E-state index contributed by atoms with van der Waals surface area (Å²) < 4.78 is 2.94. The lowest BCUT2D eigenvalue weighted by Crippen LogP contribution is -2.30. The van der Waals surface area contributed by atoms with E-state index in [9.17, 15) is 43.2 Å². The predicted octanol–water partition coefficient (Wildman–Crippen LogP) is 10.1. The van der Waals surface area contributed by atoms with Crippen LogP contribution in [0, 0.1) is 38.0 Å². The van der Waals surface area contributed by atoms with Crippen molar-refractivity contribution in [3.8, 4) is 0 Å². The highest BCUT2D eigenvalue weighted by molar-refractivity contribution is 14.1. The summed E-state index contributed by atoms with van der Waals surface area (Å²) in [6.45, 7) is 22.6. The van der Waals surface area contributed by atoms with Gasteiger partial charge in [0.2, 0.25) is 17.7 Å². The summed E-state index contributed by atoms with van der Waals surface area (Å²) in [7, 11) is 0. The molecule has 18 nitrogen and oxygen atoms in total. The molecule has 0 unspecified atom stereocenters. The van der Waals surface area contributed by atoms with E-state index in [2.05, 4.69) is 87.3 Å². The number of carbonyl (C=O) groups is 9. The minimum absolute atomic E-state index is 0.120. The topological polar surface area (TPSA) is 262 Å². The number of hydrogen-bond acceptors (Lipinski definition) is 9. The summed E-state index contributed by atoms with van der Waals surface area (Å²) in [5.41, 5.74) is 1.23. The number of amides is 9. The minimum atomic E-state index is -1.01. The van der Waals surface area contributed by atoms with Gasteiger partial charge in [0.05, 0.1) is 71.9 Å². The van der Waals surface area contributed by atoms with Crippen molar-refractivity contribution in [1.82, 2.24) is 31.9 Å². The number of hydrogen-bond donors (Lipinski definition) is 9. The summed E-state index contributed by atoms with van der Waals surface area (Å²) in [6.07, 6.45) is 16.5. The number of halogens is 9. The first-order valence-electron chi connectivity index (χ1n) is 22.4. The zero-order valence-corrected chi connectivity index (χ0v) is 60.5. The molecule has 3 aromatic carbocycles. The predicted molar refractivity (Wildman–Crippen MR) is 386 cm³/mol. The molecule has 0 fully saturated rings. The molecule has 0 radical (unpaired) electrons. The van der Waals surface area contributed by atoms with Crippen LogP contribution in [0.2, 0.25) is 0 Å². The second-order valence-corrected chi connectivity index (χ2v) is 25.0. The Kier molecular flexibility index (Phi) is 31.5. The lowest BCUT2D eigenvalue weighted by Gasteiger charge is -2.19. The molecule has 0 saturated heterocycles. The Morgan fingerprint density at radius 2 is 0.468 bits per heavy atom. The van der Waals surface area contributed by atoms with E-state index in [0.717, 1.165) is 18.2 Å². The first-order chi connectivity index (χ1) is 37.5. The molecule has 0 saturated carbocycles. The zero-order chi connectivity index (χ0) is 59.3. The highest BCUT2D eigenvalue weighted by atomic mass is 127. The van der Waals surface area contributed by atoms with Crippen LogP contribution in [0.3, 0.4) is 0 Å². The molecule has 79 heavy (non-hydrogen) atoms. The smallest absolute Gasteiger partial charge is 0.253 e. The van der Waals surface area contributed by atoms with Gasteiger partial charge < -0.3 is 47.9 Å². The van der Waals surface area contributed by atoms with Gasteiger partial charge in [0.1, 0.15) is 0 Å². The molecule has 9 amide bonds. The molecular formula is C52H46I9N9O9. The molecule has 0 atom stereocenters. The van der Waals surface area contributed by atoms with Gasteiger partial charge in [-0.1, -0.05) is 54.7 Å². The van der Waals surface area contributed by atoms with E-state index >= 15 is 0 Å². The van der Waals surface area contributed by atoms with Gasteiger partial charge in [0.25, 0.3) is 35.4 Å². The van der Waals surface area contributed by atoms with Gasteiger partial charge in [-0.2, -0.15) is 0 Å². The van der Waals surface area contributed by atoms with Crippen LogP contribution in [0.1, 0.15) is 62.1 Å². The Bertz CT molecular complexity index is 2680. The molecule has 0 aliphatic heterocycles. The number of nitrogens with one attached hydrogen (secondary N) is 9. The van der Waals surface area contributed by atoms with Crippen LogP contribution in [-0.2, 0) is 14.4 Å². The summed E-state index contributed by atoms with van der Waals surface area (Å²) in [6, 6.07) is 0. The maximum absolute atomic E-state index is 14.0. The van der Waals surface area contributed by atoms with Crippen LogP contribution in [0.15, 0.2) is 112 Å². The monoisotopic (exact) mass is 2080 g/mol. The van der Waals surface area contributed by atoms with Crippen LogP contribution in [0.25, 0.3) is 0 Å². The van der Waals surface area contributed by atoms with Crippen LogP contribution in [-0.4, -0.2) is 92.4 Å². The van der Waals surface area contributed by atoms with Gasteiger partial charge in [-0.15, -0.1) is 39.5 Å². The molecule has 0 aliphatic rings.